The van der Waals surface area contributed by atoms with Crippen molar-refractivity contribution in [2.24, 2.45) is 23.2 Å². The topological polar surface area (TPSA) is 103 Å². The molecule has 1 saturated carbocycles. The van der Waals surface area contributed by atoms with E-state index in [9.17, 15) is 13.8 Å². The molecular formula is C41H52N4O5S. The Hall–Kier alpha value is -3.76. The van der Waals surface area contributed by atoms with Crippen LogP contribution in [0.3, 0.4) is 0 Å². The number of methoxy groups -OCH3 is 1. The second kappa shape index (κ2) is 14.7. The van der Waals surface area contributed by atoms with Crippen molar-refractivity contribution in [1.82, 2.24) is 9.78 Å². The maximum absolute atomic E-state index is 14.4. The van der Waals surface area contributed by atoms with Crippen LogP contribution in [-0.4, -0.2) is 70.1 Å². The minimum absolute atomic E-state index is 0.00862. The lowest BCUT2D eigenvalue weighted by Crippen LogP contribution is -2.49. The van der Waals surface area contributed by atoms with Crippen molar-refractivity contribution in [2.45, 2.75) is 83.2 Å². The highest BCUT2D eigenvalue weighted by Crippen LogP contribution is 2.47. The van der Waals surface area contributed by atoms with Gasteiger partial charge in [0.15, 0.2) is 0 Å². The molecule has 5 atom stereocenters. The molecule has 0 N–H and O–H groups in total. The van der Waals surface area contributed by atoms with Gasteiger partial charge in [-0.3, -0.25) is 14.3 Å². The van der Waals surface area contributed by atoms with Crippen LogP contribution >= 0.6 is 0 Å². The molecule has 2 aliphatic heterocycles. The first kappa shape index (κ1) is 35.6. The molecule has 3 heterocycles. The molecule has 10 heteroatoms. The molecular weight excluding hydrogens is 661 g/mol. The molecule has 7 rings (SSSR count). The Morgan fingerprint density at radius 2 is 2.00 bits per heavy atom. The Labute approximate surface area is 303 Å². The molecule has 2 bridgehead atoms. The number of aryl methyl sites for hydroxylation is 4. The molecule has 0 saturated heterocycles. The van der Waals surface area contributed by atoms with Crippen molar-refractivity contribution < 1.29 is 23.3 Å². The molecule has 1 amide bonds. The van der Waals surface area contributed by atoms with Gasteiger partial charge in [0.1, 0.15) is 11.5 Å². The lowest BCUT2D eigenvalue weighted by molar-refractivity contribution is -0.116. The number of aromatic nitrogens is 2. The number of anilines is 1. The summed E-state index contributed by atoms with van der Waals surface area (Å²) in [5, 5.41) is 4.28. The summed E-state index contributed by atoms with van der Waals surface area (Å²) in [6.45, 7) is 6.30. The average Bonchev–Trinajstić information content (AvgIpc) is 3.33. The van der Waals surface area contributed by atoms with E-state index >= 15 is 0 Å². The summed E-state index contributed by atoms with van der Waals surface area (Å²) >= 11 is 0. The van der Waals surface area contributed by atoms with Crippen LogP contribution in [0.1, 0.15) is 83.3 Å². The molecule has 3 aromatic rings. The third kappa shape index (κ3) is 7.45. The zero-order valence-electron chi connectivity index (χ0n) is 30.6. The second-order valence-electron chi connectivity index (χ2n) is 15.4. The van der Waals surface area contributed by atoms with Crippen LogP contribution in [0.25, 0.3) is 0 Å². The smallest absolute Gasteiger partial charge is 0.285 e. The van der Waals surface area contributed by atoms with Crippen LogP contribution in [0.2, 0.25) is 0 Å². The number of rotatable bonds is 6. The Morgan fingerprint density at radius 3 is 2.76 bits per heavy atom. The highest BCUT2D eigenvalue weighted by Gasteiger charge is 2.44. The van der Waals surface area contributed by atoms with Crippen molar-refractivity contribution >= 4 is 27.1 Å². The molecule has 51 heavy (non-hydrogen) atoms. The monoisotopic (exact) mass is 712 g/mol. The van der Waals surface area contributed by atoms with Crippen molar-refractivity contribution in [1.29, 1.82) is 0 Å². The molecule has 1 fully saturated rings. The zero-order chi connectivity index (χ0) is 35.8. The number of ether oxygens (including phenoxy) is 2. The fourth-order valence-electron chi connectivity index (χ4n) is 8.86. The van der Waals surface area contributed by atoms with Crippen molar-refractivity contribution in [3.8, 4) is 5.75 Å². The van der Waals surface area contributed by atoms with Crippen LogP contribution in [0, 0.1) is 25.7 Å². The van der Waals surface area contributed by atoms with Crippen LogP contribution in [0.15, 0.2) is 59.1 Å². The number of allylic oxidation sites excluding steroid dienone is 1. The Bertz CT molecular complexity index is 1940. The number of amides is 1. The predicted molar refractivity (Wildman–Crippen MR) is 201 cm³/mol. The van der Waals surface area contributed by atoms with Crippen LogP contribution in [-0.2, 0) is 44.6 Å². The summed E-state index contributed by atoms with van der Waals surface area (Å²) in [4.78, 5) is 29.7. The quantitative estimate of drug-likeness (QED) is 0.262. The van der Waals surface area contributed by atoms with Crippen LogP contribution in [0.4, 0.5) is 5.69 Å². The molecule has 0 radical (unpaired) electrons. The minimum Gasteiger partial charge on any atom is -0.490 e. The predicted octanol–water partition coefficient (Wildman–Crippen LogP) is 6.71. The molecule has 4 aliphatic rings. The van der Waals surface area contributed by atoms with Gasteiger partial charge in [-0.05, 0) is 112 Å². The van der Waals surface area contributed by atoms with Gasteiger partial charge in [0.25, 0.3) is 5.91 Å². The first-order valence-electron chi connectivity index (χ1n) is 18.6. The number of benzene rings is 2. The number of ketones is 1. The Morgan fingerprint density at radius 1 is 1.14 bits per heavy atom. The molecule has 2 aliphatic carbocycles. The summed E-state index contributed by atoms with van der Waals surface area (Å²) in [7, 11) is 0.485. The lowest BCUT2D eigenvalue weighted by atomic mass is 9.68. The van der Waals surface area contributed by atoms with E-state index in [2.05, 4.69) is 51.6 Å². The first-order chi connectivity index (χ1) is 24.6. The summed E-state index contributed by atoms with van der Waals surface area (Å²) in [6.07, 6.45) is 13.4. The highest BCUT2D eigenvalue weighted by molar-refractivity contribution is 7.94. The van der Waals surface area contributed by atoms with Crippen LogP contribution < -0.4 is 9.64 Å². The van der Waals surface area contributed by atoms with Crippen molar-refractivity contribution in [3.05, 3.63) is 88.3 Å². The molecule has 9 nitrogen and oxygen atoms in total. The van der Waals surface area contributed by atoms with Crippen molar-refractivity contribution in [2.75, 3.05) is 43.2 Å². The van der Waals surface area contributed by atoms with Gasteiger partial charge in [-0.2, -0.15) is 9.46 Å². The number of Topliss-reactive ketones (excluding diaryl/α,β-unsaturated/α-hetero) is 1. The standard InChI is InChI=1S/C41H52N4O5S/c1-28-11-16-35-30(21-28)9-8-19-41(35)26-45-24-32-12-15-34(32)38(49-4)10-6-5-7-20-51(48,25-33(46)14-17-36-29(2)23-42-44(36)3)43-40(47)31-13-18-39(50-27-41)37(45)22-31/h6,10-11,13,16,18,21-23,32,34,38H,5,7-9,12,14-15,17,19-20,24-27H2,1-4H3/b10-6+/t32-,34+,38-,41-,51+/m0/s1. The number of hydrogen-bond donors (Lipinski definition) is 0. The summed E-state index contributed by atoms with van der Waals surface area (Å²) < 4.78 is 33.3. The van der Waals surface area contributed by atoms with E-state index in [1.165, 1.54) is 16.7 Å². The number of nitrogens with zero attached hydrogens (tertiary/aromatic N) is 4. The first-order valence-corrected chi connectivity index (χ1v) is 20.5. The SMILES string of the molecule is CO[C@H]1/C=C/CCC[S@@](=O)(CC(=O)CCc2c(C)cnn2C)=NC(=O)c2ccc3c(c2)N(C[C@@H]2CC[C@H]21)C[C@@]1(CCCc2cc(C)ccc21)CO3. The van der Waals surface area contributed by atoms with Gasteiger partial charge in [0.2, 0.25) is 0 Å². The van der Waals surface area contributed by atoms with Crippen LogP contribution in [0.5, 0.6) is 5.75 Å². The number of hydrogen-bond acceptors (Lipinski definition) is 7. The second-order valence-corrected chi connectivity index (χ2v) is 17.8. The van der Waals surface area contributed by atoms with Gasteiger partial charge in [0.05, 0.1) is 40.1 Å². The van der Waals surface area contributed by atoms with Gasteiger partial charge < -0.3 is 14.4 Å². The fourth-order valence-corrected chi connectivity index (χ4v) is 10.8. The maximum atomic E-state index is 14.4. The highest BCUT2D eigenvalue weighted by atomic mass is 32.2. The Kier molecular flexibility index (Phi) is 10.3. The molecule has 1 aromatic heterocycles. The third-order valence-electron chi connectivity index (χ3n) is 11.8. The molecule has 0 unspecified atom stereocenters. The van der Waals surface area contributed by atoms with Gasteiger partial charge in [-0.15, -0.1) is 0 Å². The van der Waals surface area contributed by atoms with E-state index in [-0.39, 0.29) is 35.2 Å². The van der Waals surface area contributed by atoms with Gasteiger partial charge in [-0.25, -0.2) is 4.21 Å². The van der Waals surface area contributed by atoms with Gasteiger partial charge in [-0.1, -0.05) is 35.9 Å². The van der Waals surface area contributed by atoms with E-state index in [1.54, 1.807) is 24.1 Å². The number of carbonyl (C=O) groups excluding carboxylic acids is 2. The number of fused-ring (bicyclic) bond motifs is 4. The lowest BCUT2D eigenvalue weighted by Gasteiger charge is -2.46. The normalized spacial score (nSPS) is 28.4. The summed E-state index contributed by atoms with van der Waals surface area (Å²) in [5.74, 6) is 0.792. The van der Waals surface area contributed by atoms with E-state index in [0.29, 0.717) is 43.3 Å². The average molecular weight is 713 g/mol. The summed E-state index contributed by atoms with van der Waals surface area (Å²) in [5.41, 5.74) is 7.11. The minimum atomic E-state index is -3.16. The molecule has 1 spiro atoms. The van der Waals surface area contributed by atoms with Gasteiger partial charge >= 0.3 is 0 Å². The largest absolute Gasteiger partial charge is 0.490 e. The maximum Gasteiger partial charge on any atom is 0.285 e. The van der Waals surface area contributed by atoms with E-state index < -0.39 is 15.6 Å². The summed E-state index contributed by atoms with van der Waals surface area (Å²) in [6, 6.07) is 12.4. The van der Waals surface area contributed by atoms with Gasteiger partial charge in [0, 0.05) is 56.1 Å². The Balaban J connectivity index is 1.24. The van der Waals surface area contributed by atoms with E-state index in [0.717, 1.165) is 67.9 Å². The van der Waals surface area contributed by atoms with E-state index in [1.807, 2.05) is 26.1 Å². The fraction of sp³-hybridized carbons (Fsp3) is 0.537. The number of carbonyl (C=O) groups is 2. The third-order valence-corrected chi connectivity index (χ3v) is 14.0. The molecule has 272 valence electrons. The zero-order valence-corrected chi connectivity index (χ0v) is 31.4. The molecule has 2 aromatic carbocycles. The van der Waals surface area contributed by atoms with E-state index in [4.69, 9.17) is 9.47 Å². The van der Waals surface area contributed by atoms with Crippen molar-refractivity contribution in [3.63, 3.8) is 0 Å².